The molecule has 174 valence electrons. The normalized spacial score (nSPS) is 10.9. The number of halogens is 1. The van der Waals surface area contributed by atoms with Gasteiger partial charge in [0.05, 0.1) is 11.9 Å². The van der Waals surface area contributed by atoms with Crippen LogP contribution in [0.3, 0.4) is 0 Å². The van der Waals surface area contributed by atoms with Crippen molar-refractivity contribution in [3.05, 3.63) is 73.5 Å². The molecular weight excluding hydrogens is 437 g/mol. The number of aromatic nitrogens is 4. The molecule has 10 heteroatoms. The number of nitrogens with zero attached hydrogens (tertiary/aromatic N) is 5. The molecule has 0 unspecified atom stereocenters. The maximum atomic E-state index is 13.7. The predicted molar refractivity (Wildman–Crippen MR) is 129 cm³/mol. The lowest BCUT2D eigenvalue weighted by Crippen LogP contribution is -2.20. The number of nitrogens with one attached hydrogen (secondary N) is 2. The third kappa shape index (κ3) is 5.36. The second-order valence-electron chi connectivity index (χ2n) is 7.70. The van der Waals surface area contributed by atoms with E-state index in [0.717, 1.165) is 6.54 Å². The smallest absolute Gasteiger partial charge is 0.247 e. The Labute approximate surface area is 195 Å². The molecule has 0 atom stereocenters. The van der Waals surface area contributed by atoms with Gasteiger partial charge >= 0.3 is 0 Å². The van der Waals surface area contributed by atoms with Crippen molar-refractivity contribution >= 4 is 28.9 Å². The maximum absolute atomic E-state index is 13.7. The maximum Gasteiger partial charge on any atom is 0.247 e. The number of carbonyl (C=O) groups excluding carboxylic acids is 1. The number of ether oxygens (including phenoxy) is 1. The van der Waals surface area contributed by atoms with Crippen LogP contribution < -0.4 is 15.4 Å². The summed E-state index contributed by atoms with van der Waals surface area (Å²) in [7, 11) is 3.90. The zero-order valence-electron chi connectivity index (χ0n) is 18.8. The molecule has 2 heterocycles. The Hall–Kier alpha value is -4.31. The van der Waals surface area contributed by atoms with Gasteiger partial charge in [0.1, 0.15) is 24.5 Å². The van der Waals surface area contributed by atoms with E-state index < -0.39 is 0 Å². The van der Waals surface area contributed by atoms with Crippen molar-refractivity contribution in [1.29, 1.82) is 0 Å². The first-order valence-corrected chi connectivity index (χ1v) is 10.5. The minimum Gasteiger partial charge on any atom is -0.490 e. The molecule has 2 aromatic carbocycles. The summed E-state index contributed by atoms with van der Waals surface area (Å²) in [6.45, 7) is 4.68. The highest BCUT2D eigenvalue weighted by Crippen LogP contribution is 2.30. The average Bonchev–Trinajstić information content (AvgIpc) is 3.23. The fourth-order valence-corrected chi connectivity index (χ4v) is 3.19. The van der Waals surface area contributed by atoms with E-state index in [1.807, 2.05) is 19.0 Å². The molecule has 2 N–H and O–H groups in total. The van der Waals surface area contributed by atoms with Crippen LogP contribution in [-0.2, 0) is 4.79 Å². The molecule has 4 rings (SSSR count). The summed E-state index contributed by atoms with van der Waals surface area (Å²) >= 11 is 0. The van der Waals surface area contributed by atoms with Crippen molar-refractivity contribution in [2.45, 2.75) is 0 Å². The van der Waals surface area contributed by atoms with Crippen molar-refractivity contribution in [2.75, 3.05) is 37.9 Å². The van der Waals surface area contributed by atoms with E-state index in [-0.39, 0.29) is 11.7 Å². The first-order valence-electron chi connectivity index (χ1n) is 10.5. The van der Waals surface area contributed by atoms with E-state index in [9.17, 15) is 9.18 Å². The SMILES string of the molecule is C=CC(=O)Nc1cc(Nc2ncn3ncc(-c4cccc(F)c4)c3n2)ccc1OCCN(C)C. The number of anilines is 3. The third-order valence-electron chi connectivity index (χ3n) is 4.88. The Morgan fingerprint density at radius 2 is 2.12 bits per heavy atom. The first-order chi connectivity index (χ1) is 16.4. The average molecular weight is 462 g/mol. The lowest BCUT2D eigenvalue weighted by atomic mass is 10.1. The standard InChI is InChI=1S/C24H24FN7O2/c1-4-22(33)29-20-13-18(8-9-21(20)34-11-10-31(2)3)28-24-26-15-32-23(30-24)19(14-27-32)16-6-5-7-17(25)12-16/h4-9,12-15H,1,10-11H2,2-3H3,(H,28,30)(H,29,33). The highest BCUT2D eigenvalue weighted by atomic mass is 19.1. The monoisotopic (exact) mass is 461 g/mol. The lowest BCUT2D eigenvalue weighted by molar-refractivity contribution is -0.111. The molecule has 0 spiro atoms. The van der Waals surface area contributed by atoms with Gasteiger partial charge in [-0.25, -0.2) is 13.9 Å². The van der Waals surface area contributed by atoms with Gasteiger partial charge in [-0.3, -0.25) is 4.79 Å². The van der Waals surface area contributed by atoms with Gasteiger partial charge < -0.3 is 20.3 Å². The molecule has 0 aliphatic heterocycles. The van der Waals surface area contributed by atoms with Crippen molar-refractivity contribution in [3.8, 4) is 16.9 Å². The Balaban J connectivity index is 1.61. The Kier molecular flexibility index (Phi) is 6.79. The summed E-state index contributed by atoms with van der Waals surface area (Å²) in [4.78, 5) is 22.8. The fraction of sp³-hybridized carbons (Fsp3) is 0.167. The number of hydrogen-bond donors (Lipinski definition) is 2. The fourth-order valence-electron chi connectivity index (χ4n) is 3.19. The van der Waals surface area contributed by atoms with Gasteiger partial charge in [0, 0.05) is 17.8 Å². The molecule has 2 aromatic heterocycles. The van der Waals surface area contributed by atoms with Gasteiger partial charge in [0.25, 0.3) is 0 Å². The van der Waals surface area contributed by atoms with Crippen molar-refractivity contribution in [3.63, 3.8) is 0 Å². The highest BCUT2D eigenvalue weighted by molar-refractivity contribution is 6.00. The van der Waals surface area contributed by atoms with Crippen LogP contribution in [0.2, 0.25) is 0 Å². The van der Waals surface area contributed by atoms with Gasteiger partial charge in [-0.2, -0.15) is 10.1 Å². The molecule has 1 amide bonds. The molecular formula is C24H24FN7O2. The molecule has 9 nitrogen and oxygen atoms in total. The molecule has 0 aliphatic rings. The van der Waals surface area contributed by atoms with Gasteiger partial charge in [-0.05, 0) is 56.1 Å². The molecule has 0 bridgehead atoms. The van der Waals surface area contributed by atoms with Crippen LogP contribution in [0.1, 0.15) is 0 Å². The van der Waals surface area contributed by atoms with E-state index >= 15 is 0 Å². The van der Waals surface area contributed by atoms with Crippen LogP contribution in [0.25, 0.3) is 16.8 Å². The van der Waals surface area contributed by atoms with E-state index in [2.05, 4.69) is 32.3 Å². The largest absolute Gasteiger partial charge is 0.490 e. The van der Waals surface area contributed by atoms with Crippen molar-refractivity contribution in [2.24, 2.45) is 0 Å². The topological polar surface area (TPSA) is 96.7 Å². The van der Waals surface area contributed by atoms with Crippen LogP contribution >= 0.6 is 0 Å². The molecule has 0 fully saturated rings. The molecule has 0 aliphatic carbocycles. The second-order valence-corrected chi connectivity index (χ2v) is 7.70. The number of carbonyl (C=O) groups is 1. The van der Waals surface area contributed by atoms with E-state index in [1.165, 1.54) is 29.1 Å². The summed E-state index contributed by atoms with van der Waals surface area (Å²) < 4.78 is 21.1. The summed E-state index contributed by atoms with van der Waals surface area (Å²) in [5.41, 5.74) is 2.98. The molecule has 0 saturated heterocycles. The van der Waals surface area contributed by atoms with Crippen LogP contribution in [0.15, 0.2) is 67.6 Å². The van der Waals surface area contributed by atoms with E-state index in [1.54, 1.807) is 36.5 Å². The van der Waals surface area contributed by atoms with Crippen molar-refractivity contribution < 1.29 is 13.9 Å². The number of amides is 1. The molecule has 34 heavy (non-hydrogen) atoms. The highest BCUT2D eigenvalue weighted by Gasteiger charge is 2.12. The zero-order valence-corrected chi connectivity index (χ0v) is 18.8. The summed E-state index contributed by atoms with van der Waals surface area (Å²) in [5.74, 6) is 0.147. The second kappa shape index (κ2) is 10.1. The van der Waals surface area contributed by atoms with Crippen LogP contribution in [0.5, 0.6) is 5.75 Å². The number of likely N-dealkylation sites (N-methyl/N-ethyl adjacent to an activating group) is 1. The van der Waals surface area contributed by atoms with Crippen LogP contribution in [0, 0.1) is 5.82 Å². The number of fused-ring (bicyclic) bond motifs is 1. The molecule has 0 radical (unpaired) electrons. The predicted octanol–water partition coefficient (Wildman–Crippen LogP) is 3.74. The van der Waals surface area contributed by atoms with E-state index in [0.29, 0.717) is 46.5 Å². The first kappa shape index (κ1) is 22.9. The van der Waals surface area contributed by atoms with Gasteiger partial charge in [-0.1, -0.05) is 18.7 Å². The number of rotatable bonds is 9. The van der Waals surface area contributed by atoms with Gasteiger partial charge in [-0.15, -0.1) is 0 Å². The van der Waals surface area contributed by atoms with Crippen LogP contribution in [-0.4, -0.2) is 57.6 Å². The number of benzene rings is 2. The molecule has 4 aromatic rings. The summed E-state index contributed by atoms with van der Waals surface area (Å²) in [5, 5.41) is 10.1. The summed E-state index contributed by atoms with van der Waals surface area (Å²) in [6.07, 6.45) is 4.33. The Morgan fingerprint density at radius 1 is 1.26 bits per heavy atom. The van der Waals surface area contributed by atoms with Crippen molar-refractivity contribution in [1.82, 2.24) is 24.5 Å². The van der Waals surface area contributed by atoms with E-state index in [4.69, 9.17) is 4.74 Å². The Morgan fingerprint density at radius 3 is 2.88 bits per heavy atom. The third-order valence-corrected chi connectivity index (χ3v) is 4.88. The van der Waals surface area contributed by atoms with Crippen LogP contribution in [0.4, 0.5) is 21.7 Å². The zero-order chi connectivity index (χ0) is 24.1. The lowest BCUT2D eigenvalue weighted by Gasteiger charge is -2.15. The summed E-state index contributed by atoms with van der Waals surface area (Å²) in [6, 6.07) is 11.5. The Bertz CT molecular complexity index is 1340. The molecule has 0 saturated carbocycles. The van der Waals surface area contributed by atoms with Gasteiger partial charge in [0.2, 0.25) is 11.9 Å². The quantitative estimate of drug-likeness (QED) is 0.367. The van der Waals surface area contributed by atoms with Gasteiger partial charge in [0.15, 0.2) is 5.65 Å². The minimum atomic E-state index is -0.355. The minimum absolute atomic E-state index is 0.313. The number of hydrogen-bond acceptors (Lipinski definition) is 7.